The number of para-hydroxylation sites is 1. The fourth-order valence-corrected chi connectivity index (χ4v) is 4.30. The second-order valence-electron chi connectivity index (χ2n) is 7.11. The summed E-state index contributed by atoms with van der Waals surface area (Å²) in [5, 5.41) is 8.80. The fraction of sp³-hybridized carbons (Fsp3) is 0.409. The summed E-state index contributed by atoms with van der Waals surface area (Å²) >= 11 is 1.36. The summed E-state index contributed by atoms with van der Waals surface area (Å²) in [5.41, 5.74) is 4.41. The number of carbonyl (C=O) groups excluding carboxylic acids is 1. The van der Waals surface area contributed by atoms with Gasteiger partial charge in [-0.2, -0.15) is 0 Å². The van der Waals surface area contributed by atoms with Gasteiger partial charge in [-0.1, -0.05) is 18.2 Å². The molecule has 3 aromatic rings. The van der Waals surface area contributed by atoms with Gasteiger partial charge >= 0.3 is 5.97 Å². The van der Waals surface area contributed by atoms with Gasteiger partial charge < -0.3 is 20.4 Å². The number of rotatable bonds is 7. The Morgan fingerprint density at radius 1 is 1.37 bits per heavy atom. The Hall–Kier alpha value is -2.87. The molecule has 2 heterocycles. The Kier molecular flexibility index (Phi) is 7.10. The maximum Gasteiger partial charge on any atom is 0.350 e. The number of H-pyrrole nitrogens is 1. The van der Waals surface area contributed by atoms with Crippen LogP contribution in [0.15, 0.2) is 29.4 Å². The van der Waals surface area contributed by atoms with Crippen LogP contribution in [-0.4, -0.2) is 42.1 Å². The summed E-state index contributed by atoms with van der Waals surface area (Å²) in [7, 11) is 1.74. The van der Waals surface area contributed by atoms with Crippen molar-refractivity contribution in [1.29, 1.82) is 0 Å². The summed E-state index contributed by atoms with van der Waals surface area (Å²) in [6.07, 6.45) is 2.95. The van der Waals surface area contributed by atoms with Crippen molar-refractivity contribution >= 4 is 34.2 Å². The van der Waals surface area contributed by atoms with Crippen LogP contribution in [0.5, 0.6) is 0 Å². The molecule has 7 nitrogen and oxygen atoms in total. The predicted molar refractivity (Wildman–Crippen MR) is 122 cm³/mol. The molecule has 0 radical (unpaired) electrons. The van der Waals surface area contributed by atoms with Crippen molar-refractivity contribution in [2.45, 2.75) is 40.2 Å². The number of benzene rings is 1. The van der Waals surface area contributed by atoms with E-state index >= 15 is 0 Å². The van der Waals surface area contributed by atoms with Gasteiger partial charge in [0.25, 0.3) is 0 Å². The Bertz CT molecular complexity index is 1050. The average molecular weight is 428 g/mol. The van der Waals surface area contributed by atoms with E-state index in [9.17, 15) is 4.79 Å². The predicted octanol–water partition coefficient (Wildman–Crippen LogP) is 3.89. The molecule has 30 heavy (non-hydrogen) atoms. The van der Waals surface area contributed by atoms with Crippen molar-refractivity contribution in [2.75, 3.05) is 20.2 Å². The topological polar surface area (TPSA) is 91.4 Å². The normalized spacial score (nSPS) is 12.8. The van der Waals surface area contributed by atoms with Crippen LogP contribution in [0.1, 0.15) is 51.4 Å². The molecule has 1 unspecified atom stereocenters. The summed E-state index contributed by atoms with van der Waals surface area (Å²) < 4.78 is 5.10. The molecule has 0 fully saturated rings. The van der Waals surface area contributed by atoms with E-state index in [0.29, 0.717) is 23.1 Å². The molecule has 3 N–H and O–H groups in total. The first-order chi connectivity index (χ1) is 14.4. The van der Waals surface area contributed by atoms with E-state index < -0.39 is 0 Å². The van der Waals surface area contributed by atoms with Crippen molar-refractivity contribution in [3.8, 4) is 0 Å². The van der Waals surface area contributed by atoms with E-state index in [0.717, 1.165) is 18.0 Å². The number of thiazole rings is 1. The van der Waals surface area contributed by atoms with Gasteiger partial charge in [0.1, 0.15) is 9.88 Å². The highest BCUT2D eigenvalue weighted by molar-refractivity contribution is 7.13. The molecule has 3 rings (SSSR count). The maximum atomic E-state index is 12.0. The molecule has 0 aliphatic carbocycles. The highest BCUT2D eigenvalue weighted by Crippen LogP contribution is 2.24. The van der Waals surface area contributed by atoms with Crippen LogP contribution in [0, 0.1) is 13.8 Å². The minimum absolute atomic E-state index is 0.0844. The van der Waals surface area contributed by atoms with E-state index in [1.807, 2.05) is 13.8 Å². The SMILES string of the molecule is CCOC(=O)c1sc(C(C)NC(=NC)NCCc2c[nH]c3c(C)cccc23)nc1C. The van der Waals surface area contributed by atoms with Gasteiger partial charge in [0.05, 0.1) is 18.3 Å². The number of hydrogen-bond acceptors (Lipinski definition) is 5. The first-order valence-electron chi connectivity index (χ1n) is 10.1. The van der Waals surface area contributed by atoms with Crippen LogP contribution < -0.4 is 10.6 Å². The number of ether oxygens (including phenoxy) is 1. The molecule has 2 aromatic heterocycles. The number of nitrogens with one attached hydrogen (secondary N) is 3. The number of esters is 1. The third kappa shape index (κ3) is 4.81. The number of fused-ring (bicyclic) bond motifs is 1. The molecule has 1 aromatic carbocycles. The van der Waals surface area contributed by atoms with Crippen molar-refractivity contribution in [1.82, 2.24) is 20.6 Å². The third-order valence-corrected chi connectivity index (χ3v) is 6.24. The van der Waals surface area contributed by atoms with Crippen LogP contribution in [0.2, 0.25) is 0 Å². The minimum atomic E-state index is -0.317. The lowest BCUT2D eigenvalue weighted by atomic mass is 10.1. The van der Waals surface area contributed by atoms with Gasteiger partial charge in [0.15, 0.2) is 5.96 Å². The average Bonchev–Trinajstić information content (AvgIpc) is 3.32. The second-order valence-corrected chi connectivity index (χ2v) is 8.14. The zero-order valence-corrected chi connectivity index (χ0v) is 18.9. The molecular weight excluding hydrogens is 398 g/mol. The van der Waals surface area contributed by atoms with Gasteiger partial charge in [-0.05, 0) is 45.2 Å². The number of carbonyl (C=O) groups is 1. The largest absolute Gasteiger partial charge is 0.462 e. The first-order valence-corrected chi connectivity index (χ1v) is 10.9. The Balaban J connectivity index is 1.58. The van der Waals surface area contributed by atoms with Gasteiger partial charge in [-0.25, -0.2) is 9.78 Å². The van der Waals surface area contributed by atoms with Crippen molar-refractivity contribution in [2.24, 2.45) is 4.99 Å². The highest BCUT2D eigenvalue weighted by Gasteiger charge is 2.20. The summed E-state index contributed by atoms with van der Waals surface area (Å²) in [6, 6.07) is 6.26. The van der Waals surface area contributed by atoms with Crippen molar-refractivity contribution in [3.63, 3.8) is 0 Å². The third-order valence-electron chi connectivity index (χ3n) is 4.92. The molecule has 0 saturated heterocycles. The van der Waals surface area contributed by atoms with Crippen molar-refractivity contribution in [3.05, 3.63) is 51.1 Å². The van der Waals surface area contributed by atoms with Crippen LogP contribution >= 0.6 is 11.3 Å². The zero-order valence-electron chi connectivity index (χ0n) is 18.1. The van der Waals surface area contributed by atoms with Crippen molar-refractivity contribution < 1.29 is 9.53 Å². The lowest BCUT2D eigenvalue weighted by Crippen LogP contribution is -2.39. The number of nitrogens with zero attached hydrogens (tertiary/aromatic N) is 2. The van der Waals surface area contributed by atoms with Crippen LogP contribution in [-0.2, 0) is 11.2 Å². The molecule has 8 heteroatoms. The quantitative estimate of drug-likeness (QED) is 0.302. The molecule has 0 saturated carbocycles. The smallest absolute Gasteiger partial charge is 0.350 e. The van der Waals surface area contributed by atoms with Crippen LogP contribution in [0.25, 0.3) is 10.9 Å². The summed E-state index contributed by atoms with van der Waals surface area (Å²) in [5.74, 6) is 0.381. The number of aliphatic imine (C=N–C) groups is 1. The number of aryl methyl sites for hydroxylation is 2. The van der Waals surface area contributed by atoms with Crippen LogP contribution in [0.4, 0.5) is 0 Å². The lowest BCUT2D eigenvalue weighted by Gasteiger charge is -2.16. The Morgan fingerprint density at radius 2 is 2.17 bits per heavy atom. The highest BCUT2D eigenvalue weighted by atomic mass is 32.1. The zero-order chi connectivity index (χ0) is 21.7. The molecule has 0 aliphatic rings. The molecule has 0 aliphatic heterocycles. The maximum absolute atomic E-state index is 12.0. The van der Waals surface area contributed by atoms with E-state index in [1.54, 1.807) is 14.0 Å². The monoisotopic (exact) mass is 427 g/mol. The molecule has 0 spiro atoms. The number of aromatic nitrogens is 2. The lowest BCUT2D eigenvalue weighted by molar-refractivity contribution is 0.0531. The Morgan fingerprint density at radius 3 is 2.90 bits per heavy atom. The van der Waals surface area contributed by atoms with Gasteiger partial charge in [-0.15, -0.1) is 11.3 Å². The minimum Gasteiger partial charge on any atom is -0.462 e. The van der Waals surface area contributed by atoms with E-state index in [4.69, 9.17) is 4.74 Å². The number of hydrogen-bond donors (Lipinski definition) is 3. The number of aromatic amines is 1. The molecule has 160 valence electrons. The summed E-state index contributed by atoms with van der Waals surface area (Å²) in [4.78, 5) is 24.8. The Labute approximate surface area is 181 Å². The first kappa shape index (κ1) is 21.8. The summed E-state index contributed by atoms with van der Waals surface area (Å²) in [6.45, 7) is 8.84. The van der Waals surface area contributed by atoms with Gasteiger partial charge in [0, 0.05) is 30.7 Å². The van der Waals surface area contributed by atoms with E-state index in [1.165, 1.54) is 33.4 Å². The molecule has 1 atom stereocenters. The van der Waals surface area contributed by atoms with Gasteiger partial charge in [0.2, 0.25) is 0 Å². The molecular formula is C22H29N5O2S. The van der Waals surface area contributed by atoms with E-state index in [-0.39, 0.29) is 12.0 Å². The number of guanidine groups is 1. The van der Waals surface area contributed by atoms with Gasteiger partial charge in [-0.3, -0.25) is 4.99 Å². The van der Waals surface area contributed by atoms with E-state index in [2.05, 4.69) is 56.9 Å². The standard InChI is InChI=1S/C22H29N5O2S/c1-6-29-21(28)19-14(3)26-20(30-19)15(4)27-22(23-5)24-11-10-16-12-25-18-13(2)8-7-9-17(16)18/h7-9,12,15,25H,6,10-11H2,1-5H3,(H2,23,24,27). The second kappa shape index (κ2) is 9.75. The fourth-order valence-electron chi connectivity index (χ4n) is 3.34. The molecule has 0 bridgehead atoms. The molecule has 0 amide bonds. The van der Waals surface area contributed by atoms with Crippen LogP contribution in [0.3, 0.4) is 0 Å².